The number of carbonyl (C=O) groups excluding carboxylic acids is 4. The molecule has 1 aliphatic heterocycles. The van der Waals surface area contributed by atoms with E-state index in [2.05, 4.69) is 5.32 Å². The monoisotopic (exact) mass is 476 g/mol. The average Bonchev–Trinajstić information content (AvgIpc) is 3.05. The molecule has 0 atom stereocenters. The lowest BCUT2D eigenvalue weighted by Gasteiger charge is -2.17. The highest BCUT2D eigenvalue weighted by Crippen LogP contribution is 2.32. The molecule has 0 aromatic heterocycles. The van der Waals surface area contributed by atoms with Crippen LogP contribution in [0.3, 0.4) is 0 Å². The van der Waals surface area contributed by atoms with E-state index in [1.807, 2.05) is 32.9 Å². The Balaban J connectivity index is 1.46. The maximum absolute atomic E-state index is 13.0. The zero-order chi connectivity index (χ0) is 24.6. The zero-order valence-electron chi connectivity index (χ0n) is 18.8. The molecule has 3 aromatic carbocycles. The van der Waals surface area contributed by atoms with E-state index in [4.69, 9.17) is 16.3 Å². The first-order chi connectivity index (χ1) is 16.2. The molecule has 0 unspecified atom stereocenters. The molecule has 0 saturated carbocycles. The third kappa shape index (κ3) is 4.43. The molecule has 7 nitrogen and oxygen atoms in total. The molecule has 0 spiro atoms. The number of rotatable bonds is 5. The largest absolute Gasteiger partial charge is 0.452 e. The molecule has 34 heavy (non-hydrogen) atoms. The summed E-state index contributed by atoms with van der Waals surface area (Å²) in [6, 6.07) is 14.7. The van der Waals surface area contributed by atoms with Crippen molar-refractivity contribution < 1.29 is 23.9 Å². The lowest BCUT2D eigenvalue weighted by atomic mass is 10.1. The number of ether oxygens (including phenoxy) is 1. The first kappa shape index (κ1) is 23.2. The van der Waals surface area contributed by atoms with Gasteiger partial charge in [-0.15, -0.1) is 0 Å². The SMILES string of the molecule is Cc1ccc(C)c(N2C(=O)c3ccc(C(=O)OCC(=O)Nc4ccc(C)c(Cl)c4)cc3C2=O)c1. The van der Waals surface area contributed by atoms with Crippen LogP contribution in [0.1, 0.15) is 47.8 Å². The maximum Gasteiger partial charge on any atom is 0.338 e. The molecule has 4 rings (SSSR count). The van der Waals surface area contributed by atoms with Crippen LogP contribution >= 0.6 is 11.6 Å². The first-order valence-corrected chi connectivity index (χ1v) is 10.9. The zero-order valence-corrected chi connectivity index (χ0v) is 19.5. The van der Waals surface area contributed by atoms with Crippen LogP contribution in [0.25, 0.3) is 0 Å². The van der Waals surface area contributed by atoms with Crippen LogP contribution in [0.15, 0.2) is 54.6 Å². The van der Waals surface area contributed by atoms with Gasteiger partial charge in [0.25, 0.3) is 17.7 Å². The lowest BCUT2D eigenvalue weighted by molar-refractivity contribution is -0.119. The maximum atomic E-state index is 13.0. The quantitative estimate of drug-likeness (QED) is 0.419. The molecule has 172 valence electrons. The number of aryl methyl sites for hydroxylation is 3. The molecule has 0 fully saturated rings. The Morgan fingerprint density at radius 1 is 0.882 bits per heavy atom. The molecule has 3 amide bonds. The smallest absolute Gasteiger partial charge is 0.338 e. The van der Waals surface area contributed by atoms with Gasteiger partial charge >= 0.3 is 5.97 Å². The Bertz CT molecular complexity index is 1370. The van der Waals surface area contributed by atoms with Crippen LogP contribution in [0, 0.1) is 20.8 Å². The normalized spacial score (nSPS) is 12.5. The van der Waals surface area contributed by atoms with Crippen LogP contribution in [0.4, 0.5) is 11.4 Å². The number of carbonyl (C=O) groups is 4. The fraction of sp³-hybridized carbons (Fsp3) is 0.154. The summed E-state index contributed by atoms with van der Waals surface area (Å²) >= 11 is 6.05. The minimum absolute atomic E-state index is 0.0638. The molecule has 3 aromatic rings. The summed E-state index contributed by atoms with van der Waals surface area (Å²) in [5.41, 5.74) is 3.91. The highest BCUT2D eigenvalue weighted by Gasteiger charge is 2.38. The molecule has 0 aliphatic carbocycles. The fourth-order valence-corrected chi connectivity index (χ4v) is 3.81. The van der Waals surface area contributed by atoms with Crippen LogP contribution in [0.2, 0.25) is 5.02 Å². The minimum Gasteiger partial charge on any atom is -0.452 e. The predicted octanol–water partition coefficient (Wildman–Crippen LogP) is 4.86. The number of anilines is 2. The van der Waals surface area contributed by atoms with Crippen LogP contribution in [-0.4, -0.2) is 30.3 Å². The third-order valence-electron chi connectivity index (χ3n) is 5.52. The van der Waals surface area contributed by atoms with Crippen molar-refractivity contribution in [1.82, 2.24) is 0 Å². The number of hydrogen-bond donors (Lipinski definition) is 1. The number of hydrogen-bond acceptors (Lipinski definition) is 5. The fourth-order valence-electron chi connectivity index (χ4n) is 3.63. The van der Waals surface area contributed by atoms with Gasteiger partial charge in [0.05, 0.1) is 22.4 Å². The minimum atomic E-state index is -0.787. The van der Waals surface area contributed by atoms with Crippen LogP contribution < -0.4 is 10.2 Å². The highest BCUT2D eigenvalue weighted by molar-refractivity contribution is 6.35. The van der Waals surface area contributed by atoms with Gasteiger partial charge in [0.2, 0.25) is 0 Å². The van der Waals surface area contributed by atoms with Crippen molar-refractivity contribution in [3.05, 3.63) is 93.0 Å². The van der Waals surface area contributed by atoms with E-state index in [0.29, 0.717) is 16.4 Å². The average molecular weight is 477 g/mol. The van der Waals surface area contributed by atoms with Crippen molar-refractivity contribution >= 4 is 46.7 Å². The summed E-state index contributed by atoms with van der Waals surface area (Å²) in [5.74, 6) is -2.30. The van der Waals surface area contributed by atoms with Crippen molar-refractivity contribution in [1.29, 1.82) is 0 Å². The molecule has 0 radical (unpaired) electrons. The summed E-state index contributed by atoms with van der Waals surface area (Å²) in [6.45, 7) is 5.00. The predicted molar refractivity (Wildman–Crippen MR) is 129 cm³/mol. The van der Waals surface area contributed by atoms with Crippen molar-refractivity contribution in [3.8, 4) is 0 Å². The van der Waals surface area contributed by atoms with Crippen LogP contribution in [-0.2, 0) is 9.53 Å². The van der Waals surface area contributed by atoms with Crippen LogP contribution in [0.5, 0.6) is 0 Å². The molecule has 1 N–H and O–H groups in total. The van der Waals surface area contributed by atoms with Gasteiger partial charge in [0.1, 0.15) is 0 Å². The second-order valence-corrected chi connectivity index (χ2v) is 8.49. The second kappa shape index (κ2) is 9.11. The van der Waals surface area contributed by atoms with Gasteiger partial charge in [-0.25, -0.2) is 9.69 Å². The third-order valence-corrected chi connectivity index (χ3v) is 5.92. The van der Waals surface area contributed by atoms with Gasteiger partial charge in [-0.2, -0.15) is 0 Å². The molecule has 8 heteroatoms. The number of nitrogens with zero attached hydrogens (tertiary/aromatic N) is 1. The summed E-state index contributed by atoms with van der Waals surface area (Å²) in [7, 11) is 0. The molecule has 0 saturated heterocycles. The highest BCUT2D eigenvalue weighted by atomic mass is 35.5. The van der Waals surface area contributed by atoms with E-state index < -0.39 is 30.3 Å². The lowest BCUT2D eigenvalue weighted by Crippen LogP contribution is -2.30. The number of nitrogens with one attached hydrogen (secondary N) is 1. The number of imide groups is 1. The summed E-state index contributed by atoms with van der Waals surface area (Å²) in [5, 5.41) is 3.10. The van der Waals surface area contributed by atoms with Gasteiger partial charge in [0.15, 0.2) is 6.61 Å². The van der Waals surface area contributed by atoms with Gasteiger partial charge < -0.3 is 10.1 Å². The Morgan fingerprint density at radius 2 is 1.59 bits per heavy atom. The first-order valence-electron chi connectivity index (χ1n) is 10.5. The van der Waals surface area contributed by atoms with E-state index >= 15 is 0 Å². The van der Waals surface area contributed by atoms with Gasteiger partial charge in [-0.1, -0.05) is 29.8 Å². The van der Waals surface area contributed by atoms with Crippen molar-refractivity contribution in [3.63, 3.8) is 0 Å². The Kier molecular flexibility index (Phi) is 6.22. The Labute approximate surface area is 201 Å². The second-order valence-electron chi connectivity index (χ2n) is 8.08. The molecular formula is C26H21ClN2O5. The van der Waals surface area contributed by atoms with E-state index in [1.54, 1.807) is 24.3 Å². The molecule has 1 aliphatic rings. The van der Waals surface area contributed by atoms with Gasteiger partial charge in [-0.05, 0) is 73.9 Å². The van der Waals surface area contributed by atoms with E-state index in [0.717, 1.165) is 21.6 Å². The van der Waals surface area contributed by atoms with Crippen molar-refractivity contribution in [2.45, 2.75) is 20.8 Å². The summed E-state index contributed by atoms with van der Waals surface area (Å²) in [4.78, 5) is 51.7. The summed E-state index contributed by atoms with van der Waals surface area (Å²) in [6.07, 6.45) is 0. The number of esters is 1. The number of benzene rings is 3. The van der Waals surface area contributed by atoms with E-state index in [9.17, 15) is 19.2 Å². The standard InChI is InChI=1S/C26H21ClN2O5/c1-14-4-5-16(3)22(10-14)29-24(31)19-9-7-17(11-20(19)25(29)32)26(33)34-13-23(30)28-18-8-6-15(2)21(27)12-18/h4-12H,13H2,1-3H3,(H,28,30). The van der Waals surface area contributed by atoms with E-state index in [1.165, 1.54) is 18.2 Å². The molecular weight excluding hydrogens is 456 g/mol. The van der Waals surface area contributed by atoms with E-state index in [-0.39, 0.29) is 16.7 Å². The summed E-state index contributed by atoms with van der Waals surface area (Å²) < 4.78 is 5.09. The van der Waals surface area contributed by atoms with Gasteiger partial charge in [0, 0.05) is 10.7 Å². The molecule has 0 bridgehead atoms. The Morgan fingerprint density at radius 3 is 2.32 bits per heavy atom. The Hall–Kier alpha value is -3.97. The molecule has 1 heterocycles. The van der Waals surface area contributed by atoms with Gasteiger partial charge in [-0.3, -0.25) is 14.4 Å². The van der Waals surface area contributed by atoms with Crippen molar-refractivity contribution in [2.75, 3.05) is 16.8 Å². The number of amides is 3. The van der Waals surface area contributed by atoms with Crippen molar-refractivity contribution in [2.24, 2.45) is 0 Å². The topological polar surface area (TPSA) is 92.8 Å². The number of fused-ring (bicyclic) bond motifs is 1. The number of halogens is 1.